The van der Waals surface area contributed by atoms with Crippen LogP contribution < -0.4 is 5.73 Å². The first-order valence-electron chi connectivity index (χ1n) is 5.26. The molecule has 0 bridgehead atoms. The topological polar surface area (TPSA) is 63.3 Å². The van der Waals surface area contributed by atoms with Gasteiger partial charge in [-0.1, -0.05) is 23.7 Å². The largest absolute Gasteiger partial charge is 0.480 e. The lowest BCUT2D eigenvalue weighted by molar-refractivity contribution is -0.142. The lowest BCUT2D eigenvalue weighted by Crippen LogP contribution is -2.45. The second kappa shape index (κ2) is 6.28. The molecule has 3 nitrogen and oxygen atoms in total. The third-order valence-electron chi connectivity index (χ3n) is 2.44. The van der Waals surface area contributed by atoms with Crippen LogP contribution in [0, 0.1) is 0 Å². The van der Waals surface area contributed by atoms with Gasteiger partial charge in [-0.25, -0.2) is 0 Å². The van der Waals surface area contributed by atoms with E-state index in [-0.39, 0.29) is 0 Å². The van der Waals surface area contributed by atoms with Gasteiger partial charge in [0, 0.05) is 10.8 Å². The van der Waals surface area contributed by atoms with Crippen LogP contribution >= 0.6 is 23.4 Å². The van der Waals surface area contributed by atoms with Crippen LogP contribution in [0.5, 0.6) is 0 Å². The molecule has 1 aromatic carbocycles. The van der Waals surface area contributed by atoms with Crippen LogP contribution in [0.1, 0.15) is 18.9 Å². The third kappa shape index (κ3) is 4.98. The number of carbonyl (C=O) groups is 1. The van der Waals surface area contributed by atoms with Crippen molar-refractivity contribution in [1.29, 1.82) is 0 Å². The molecular weight excluding hydrogens is 258 g/mol. The minimum Gasteiger partial charge on any atom is -0.480 e. The number of benzene rings is 1. The Kier molecular flexibility index (Phi) is 5.31. The van der Waals surface area contributed by atoms with Crippen molar-refractivity contribution in [1.82, 2.24) is 0 Å². The van der Waals surface area contributed by atoms with Gasteiger partial charge in [0.15, 0.2) is 0 Å². The molecular formula is C12H16ClNO2S. The summed E-state index contributed by atoms with van der Waals surface area (Å²) in [5.41, 5.74) is 5.67. The summed E-state index contributed by atoms with van der Waals surface area (Å²) in [5, 5.41) is 9.56. The van der Waals surface area contributed by atoms with Gasteiger partial charge in [-0.05, 0) is 36.8 Å². The van der Waals surface area contributed by atoms with E-state index in [1.54, 1.807) is 11.8 Å². The van der Waals surface area contributed by atoms with E-state index in [0.29, 0.717) is 6.42 Å². The van der Waals surface area contributed by atoms with Gasteiger partial charge in [-0.3, -0.25) is 4.79 Å². The van der Waals surface area contributed by atoms with E-state index in [2.05, 4.69) is 0 Å². The molecule has 1 rings (SSSR count). The fraction of sp³-hybridized carbons (Fsp3) is 0.417. The van der Waals surface area contributed by atoms with Gasteiger partial charge < -0.3 is 10.8 Å². The van der Waals surface area contributed by atoms with Crippen molar-refractivity contribution in [3.05, 3.63) is 34.9 Å². The Hall–Kier alpha value is -0.710. The zero-order valence-electron chi connectivity index (χ0n) is 9.65. The molecule has 0 fully saturated rings. The molecule has 1 unspecified atom stereocenters. The standard InChI is InChI=1S/C12H16ClNO2S/c1-12(14,11(15)16)6-7-17-8-9-2-4-10(13)5-3-9/h2-5H,6-8,14H2,1H3,(H,15,16). The predicted molar refractivity (Wildman–Crippen MR) is 72.5 cm³/mol. The first kappa shape index (κ1) is 14.4. The number of carboxylic acid groups (broad SMARTS) is 1. The quantitative estimate of drug-likeness (QED) is 0.783. The van der Waals surface area contributed by atoms with Crippen molar-refractivity contribution in [3.8, 4) is 0 Å². The molecule has 0 heterocycles. The van der Waals surface area contributed by atoms with Crippen molar-refractivity contribution in [2.75, 3.05) is 5.75 Å². The zero-order chi connectivity index (χ0) is 12.9. The number of hydrogen-bond donors (Lipinski definition) is 2. The van der Waals surface area contributed by atoms with Crippen molar-refractivity contribution in [2.45, 2.75) is 24.6 Å². The van der Waals surface area contributed by atoms with Gasteiger partial charge >= 0.3 is 5.97 Å². The summed E-state index contributed by atoms with van der Waals surface area (Å²) in [7, 11) is 0. The van der Waals surface area contributed by atoms with E-state index in [0.717, 1.165) is 16.5 Å². The molecule has 0 aliphatic carbocycles. The lowest BCUT2D eigenvalue weighted by Gasteiger charge is -2.18. The fourth-order valence-electron chi connectivity index (χ4n) is 1.16. The van der Waals surface area contributed by atoms with Crippen LogP contribution in [-0.2, 0) is 10.5 Å². The highest BCUT2D eigenvalue weighted by molar-refractivity contribution is 7.98. The van der Waals surface area contributed by atoms with Crippen LogP contribution in [0.15, 0.2) is 24.3 Å². The minimum absolute atomic E-state index is 0.459. The van der Waals surface area contributed by atoms with E-state index in [1.165, 1.54) is 12.5 Å². The van der Waals surface area contributed by atoms with Crippen LogP contribution in [0.25, 0.3) is 0 Å². The number of halogens is 1. The van der Waals surface area contributed by atoms with Crippen molar-refractivity contribution in [3.63, 3.8) is 0 Å². The summed E-state index contributed by atoms with van der Waals surface area (Å²) in [4.78, 5) is 10.8. The SMILES string of the molecule is CC(N)(CCSCc1ccc(Cl)cc1)C(=O)O. The molecule has 0 spiro atoms. The number of rotatable bonds is 6. The normalized spacial score (nSPS) is 14.3. The Balaban J connectivity index is 2.29. The Morgan fingerprint density at radius 1 is 1.47 bits per heavy atom. The molecule has 1 aromatic rings. The summed E-state index contributed by atoms with van der Waals surface area (Å²) < 4.78 is 0. The first-order valence-corrected chi connectivity index (χ1v) is 6.79. The second-order valence-corrected chi connectivity index (χ2v) is 5.69. The molecule has 0 radical (unpaired) electrons. The lowest BCUT2D eigenvalue weighted by atomic mass is 10.0. The molecule has 5 heteroatoms. The molecule has 1 atom stereocenters. The first-order chi connectivity index (χ1) is 7.92. The molecule has 3 N–H and O–H groups in total. The van der Waals surface area contributed by atoms with Gasteiger partial charge in [0.1, 0.15) is 5.54 Å². The van der Waals surface area contributed by atoms with Gasteiger partial charge in [0.05, 0.1) is 0 Å². The number of carboxylic acids is 1. The molecule has 0 saturated carbocycles. The van der Waals surface area contributed by atoms with E-state index in [9.17, 15) is 4.79 Å². The highest BCUT2D eigenvalue weighted by atomic mass is 35.5. The summed E-state index contributed by atoms with van der Waals surface area (Å²) in [5.74, 6) is 0.610. The zero-order valence-corrected chi connectivity index (χ0v) is 11.2. The maximum absolute atomic E-state index is 10.8. The Morgan fingerprint density at radius 3 is 2.59 bits per heavy atom. The molecule has 0 aliphatic heterocycles. The number of aliphatic carboxylic acids is 1. The summed E-state index contributed by atoms with van der Waals surface area (Å²) in [6.07, 6.45) is 0.459. The summed E-state index contributed by atoms with van der Waals surface area (Å²) >= 11 is 7.45. The van der Waals surface area contributed by atoms with E-state index in [1.807, 2.05) is 24.3 Å². The van der Waals surface area contributed by atoms with Crippen LogP contribution in [0.3, 0.4) is 0 Å². The molecule has 17 heavy (non-hydrogen) atoms. The molecule has 0 aliphatic rings. The van der Waals surface area contributed by atoms with E-state index < -0.39 is 11.5 Å². The monoisotopic (exact) mass is 273 g/mol. The van der Waals surface area contributed by atoms with Gasteiger partial charge in [0.25, 0.3) is 0 Å². The highest BCUT2D eigenvalue weighted by Gasteiger charge is 2.26. The van der Waals surface area contributed by atoms with Crippen LogP contribution in [0.4, 0.5) is 0 Å². The fourth-order valence-corrected chi connectivity index (χ4v) is 2.43. The van der Waals surface area contributed by atoms with Gasteiger partial charge in [0.2, 0.25) is 0 Å². The Bertz CT molecular complexity index is 379. The average Bonchev–Trinajstić information content (AvgIpc) is 2.26. The second-order valence-electron chi connectivity index (χ2n) is 4.15. The summed E-state index contributed by atoms with van der Waals surface area (Å²) in [6, 6.07) is 7.63. The van der Waals surface area contributed by atoms with Gasteiger partial charge in [-0.2, -0.15) is 11.8 Å². The van der Waals surface area contributed by atoms with Crippen molar-refractivity contribution < 1.29 is 9.90 Å². The number of thioether (sulfide) groups is 1. The van der Waals surface area contributed by atoms with E-state index >= 15 is 0 Å². The van der Waals surface area contributed by atoms with Crippen molar-refractivity contribution in [2.24, 2.45) is 5.73 Å². The van der Waals surface area contributed by atoms with Crippen LogP contribution in [0.2, 0.25) is 5.02 Å². The van der Waals surface area contributed by atoms with E-state index in [4.69, 9.17) is 22.4 Å². The van der Waals surface area contributed by atoms with Crippen LogP contribution in [-0.4, -0.2) is 22.4 Å². The Labute approximate surface area is 110 Å². The Morgan fingerprint density at radius 2 is 2.06 bits per heavy atom. The number of nitrogens with two attached hydrogens (primary N) is 1. The minimum atomic E-state index is -1.13. The van der Waals surface area contributed by atoms with Crippen molar-refractivity contribution >= 4 is 29.3 Å². The molecule has 0 aromatic heterocycles. The maximum atomic E-state index is 10.8. The molecule has 94 valence electrons. The molecule has 0 amide bonds. The average molecular weight is 274 g/mol. The smallest absolute Gasteiger partial charge is 0.323 e. The third-order valence-corrected chi connectivity index (χ3v) is 3.72. The predicted octanol–water partition coefficient (Wildman–Crippen LogP) is 2.77. The molecule has 0 saturated heterocycles. The maximum Gasteiger partial charge on any atom is 0.323 e. The highest BCUT2D eigenvalue weighted by Crippen LogP contribution is 2.18. The van der Waals surface area contributed by atoms with Gasteiger partial charge in [-0.15, -0.1) is 0 Å². The summed E-state index contributed by atoms with van der Waals surface area (Å²) in [6.45, 7) is 1.54. The number of hydrogen-bond acceptors (Lipinski definition) is 3.